The molecule has 1 aromatic carbocycles. The summed E-state index contributed by atoms with van der Waals surface area (Å²) in [6.07, 6.45) is 8.25. The summed E-state index contributed by atoms with van der Waals surface area (Å²) in [5, 5.41) is 20.5. The Hall–Kier alpha value is -2.54. The van der Waals surface area contributed by atoms with E-state index in [-0.39, 0.29) is 5.91 Å². The molecule has 4 N–H and O–H groups in total. The number of nitrogens with one attached hydrogen (secondary N) is 3. The van der Waals surface area contributed by atoms with Crippen LogP contribution in [-0.4, -0.2) is 61.8 Å². The number of rotatable bonds is 9. The first-order valence-electron chi connectivity index (χ1n) is 10.6. The molecule has 0 aliphatic carbocycles. The summed E-state index contributed by atoms with van der Waals surface area (Å²) in [6.45, 7) is 5.11. The third kappa shape index (κ3) is 6.72. The molecule has 0 saturated carbocycles. The van der Waals surface area contributed by atoms with E-state index in [9.17, 15) is 9.90 Å². The summed E-state index contributed by atoms with van der Waals surface area (Å²) in [7, 11) is 1.82. The second-order valence-corrected chi connectivity index (χ2v) is 8.31. The van der Waals surface area contributed by atoms with E-state index in [0.29, 0.717) is 30.4 Å². The minimum atomic E-state index is -0.549. The maximum absolute atomic E-state index is 12.7. The standard InChI is InChI=1S/C24H31ClN4O2/c1-17-12-21(14-28-23(17)25)22(30)15-27-11-9-18-5-7-20(8-6-18)24(31)29(2)16-19-4-3-10-26-13-19/h3-8,12-13,22,26-28,30H,9-11,14-16H2,1-2H3. The Morgan fingerprint density at radius 1 is 1.32 bits per heavy atom. The van der Waals surface area contributed by atoms with Crippen molar-refractivity contribution in [3.63, 3.8) is 0 Å². The van der Waals surface area contributed by atoms with Crippen molar-refractivity contribution in [3.8, 4) is 0 Å². The van der Waals surface area contributed by atoms with Gasteiger partial charge in [0.2, 0.25) is 0 Å². The monoisotopic (exact) mass is 442 g/mol. The smallest absolute Gasteiger partial charge is 0.253 e. The number of halogens is 1. The van der Waals surface area contributed by atoms with Crippen molar-refractivity contribution < 1.29 is 9.90 Å². The number of hydrogen-bond acceptors (Lipinski definition) is 5. The van der Waals surface area contributed by atoms with Gasteiger partial charge in [-0.15, -0.1) is 0 Å². The molecule has 3 rings (SSSR count). The predicted octanol–water partition coefficient (Wildman–Crippen LogP) is 2.29. The lowest BCUT2D eigenvalue weighted by atomic mass is 10.0. The first kappa shape index (κ1) is 23.1. The van der Waals surface area contributed by atoms with E-state index in [0.717, 1.165) is 41.8 Å². The Kier molecular flexibility index (Phi) is 8.35. The largest absolute Gasteiger partial charge is 0.387 e. The fourth-order valence-electron chi connectivity index (χ4n) is 3.52. The number of aliphatic hydroxyl groups excluding tert-OH is 1. The minimum absolute atomic E-state index is 0.00600. The lowest BCUT2D eigenvalue weighted by molar-refractivity contribution is 0.0807. The van der Waals surface area contributed by atoms with Gasteiger partial charge < -0.3 is 26.0 Å². The number of hydrogen-bond donors (Lipinski definition) is 4. The first-order chi connectivity index (χ1) is 14.9. The zero-order valence-electron chi connectivity index (χ0n) is 18.1. The number of allylic oxidation sites excluding steroid dienone is 2. The molecule has 0 bridgehead atoms. The second-order valence-electron chi connectivity index (χ2n) is 7.93. The molecule has 2 heterocycles. The Labute approximate surface area is 189 Å². The van der Waals surface area contributed by atoms with Crippen molar-refractivity contribution in [1.29, 1.82) is 0 Å². The summed E-state index contributed by atoms with van der Waals surface area (Å²) in [5.74, 6) is 0.00600. The quantitative estimate of drug-likeness (QED) is 0.349. The summed E-state index contributed by atoms with van der Waals surface area (Å²) in [6, 6.07) is 7.74. The van der Waals surface area contributed by atoms with E-state index in [4.69, 9.17) is 11.6 Å². The Balaban J connectivity index is 1.42. The van der Waals surface area contributed by atoms with Gasteiger partial charge in [-0.3, -0.25) is 4.79 Å². The van der Waals surface area contributed by atoms with Crippen LogP contribution in [0.4, 0.5) is 0 Å². The van der Waals surface area contributed by atoms with Crippen LogP contribution in [0.15, 0.2) is 70.6 Å². The van der Waals surface area contributed by atoms with Crippen LogP contribution in [0.25, 0.3) is 0 Å². The van der Waals surface area contributed by atoms with Gasteiger partial charge in [0, 0.05) is 45.0 Å². The molecule has 6 nitrogen and oxygen atoms in total. The van der Waals surface area contributed by atoms with Gasteiger partial charge in [0.05, 0.1) is 6.10 Å². The zero-order chi connectivity index (χ0) is 22.2. The molecule has 0 aromatic heterocycles. The maximum Gasteiger partial charge on any atom is 0.253 e. The Bertz CT molecular complexity index is 903. The van der Waals surface area contributed by atoms with Crippen molar-refractivity contribution in [3.05, 3.63) is 81.7 Å². The highest BCUT2D eigenvalue weighted by molar-refractivity contribution is 6.29. The van der Waals surface area contributed by atoms with Gasteiger partial charge in [0.25, 0.3) is 5.91 Å². The number of benzene rings is 1. The van der Waals surface area contributed by atoms with Gasteiger partial charge in [0.1, 0.15) is 5.16 Å². The van der Waals surface area contributed by atoms with Gasteiger partial charge in [-0.25, -0.2) is 0 Å². The van der Waals surface area contributed by atoms with Crippen molar-refractivity contribution in [2.75, 3.05) is 39.8 Å². The lowest BCUT2D eigenvalue weighted by Gasteiger charge is -2.21. The van der Waals surface area contributed by atoms with Crippen molar-refractivity contribution >= 4 is 17.5 Å². The Morgan fingerprint density at radius 2 is 2.10 bits per heavy atom. The van der Waals surface area contributed by atoms with Crippen LogP contribution >= 0.6 is 11.6 Å². The number of carbonyl (C=O) groups excluding carboxylic acids is 1. The third-order valence-electron chi connectivity index (χ3n) is 5.37. The molecule has 1 unspecified atom stereocenters. The average molecular weight is 443 g/mol. The minimum Gasteiger partial charge on any atom is -0.387 e. The molecule has 2 aliphatic heterocycles. The van der Waals surface area contributed by atoms with E-state index < -0.39 is 6.10 Å². The van der Waals surface area contributed by atoms with Crippen LogP contribution in [0.3, 0.4) is 0 Å². The van der Waals surface area contributed by atoms with Gasteiger partial charge >= 0.3 is 0 Å². The van der Waals surface area contributed by atoms with E-state index >= 15 is 0 Å². The number of nitrogens with zero attached hydrogens (tertiary/aromatic N) is 1. The fraction of sp³-hybridized carbons (Fsp3) is 0.375. The van der Waals surface area contributed by atoms with E-state index in [1.165, 1.54) is 0 Å². The zero-order valence-corrected chi connectivity index (χ0v) is 18.9. The number of likely N-dealkylation sites (N-methyl/N-ethyl adjacent to an activating group) is 1. The number of dihydropyridines is 2. The highest BCUT2D eigenvalue weighted by atomic mass is 35.5. The van der Waals surface area contributed by atoms with Crippen molar-refractivity contribution in [2.45, 2.75) is 19.4 Å². The van der Waals surface area contributed by atoms with Crippen molar-refractivity contribution in [2.24, 2.45) is 0 Å². The van der Waals surface area contributed by atoms with Crippen LogP contribution in [0.1, 0.15) is 22.8 Å². The van der Waals surface area contributed by atoms with Crippen LogP contribution in [0.2, 0.25) is 0 Å². The first-order valence-corrected chi connectivity index (χ1v) is 10.9. The van der Waals surface area contributed by atoms with E-state index in [1.807, 2.05) is 62.7 Å². The molecule has 166 valence electrons. The summed E-state index contributed by atoms with van der Waals surface area (Å²) >= 11 is 6.02. The van der Waals surface area contributed by atoms with Crippen LogP contribution in [-0.2, 0) is 6.42 Å². The van der Waals surface area contributed by atoms with Crippen molar-refractivity contribution in [1.82, 2.24) is 20.9 Å². The predicted molar refractivity (Wildman–Crippen MR) is 126 cm³/mol. The van der Waals surface area contributed by atoms with E-state index in [1.54, 1.807) is 4.90 Å². The molecule has 1 amide bonds. The van der Waals surface area contributed by atoms with Gasteiger partial charge in [-0.2, -0.15) is 0 Å². The number of amides is 1. The van der Waals surface area contributed by atoms with Crippen LogP contribution < -0.4 is 16.0 Å². The molecule has 31 heavy (non-hydrogen) atoms. The van der Waals surface area contributed by atoms with Gasteiger partial charge in [-0.05, 0) is 54.3 Å². The highest BCUT2D eigenvalue weighted by Crippen LogP contribution is 2.17. The molecule has 0 radical (unpaired) electrons. The lowest BCUT2D eigenvalue weighted by Crippen LogP contribution is -2.34. The molecule has 1 atom stereocenters. The highest BCUT2D eigenvalue weighted by Gasteiger charge is 2.16. The molecular formula is C24H31ClN4O2. The maximum atomic E-state index is 12.7. The molecular weight excluding hydrogens is 412 g/mol. The Morgan fingerprint density at radius 3 is 2.77 bits per heavy atom. The second kappa shape index (κ2) is 11.2. The normalized spacial score (nSPS) is 16.8. The third-order valence-corrected chi connectivity index (χ3v) is 5.81. The average Bonchev–Trinajstić information content (AvgIpc) is 2.79. The van der Waals surface area contributed by atoms with E-state index in [2.05, 4.69) is 16.0 Å². The van der Waals surface area contributed by atoms with Gasteiger partial charge in [-0.1, -0.05) is 42.0 Å². The summed E-state index contributed by atoms with van der Waals surface area (Å²) in [5.41, 5.74) is 4.78. The number of carbonyl (C=O) groups is 1. The van der Waals surface area contributed by atoms with Gasteiger partial charge in [0.15, 0.2) is 0 Å². The SMILES string of the molecule is CC1=C(Cl)NCC(C(O)CNCCc2ccc(C(=O)N(C)CC3=CNCC=C3)cc2)=C1. The summed E-state index contributed by atoms with van der Waals surface area (Å²) < 4.78 is 0. The molecule has 2 aliphatic rings. The molecule has 0 spiro atoms. The fourth-order valence-corrected chi connectivity index (χ4v) is 3.64. The van der Waals surface area contributed by atoms with Crippen LogP contribution in [0, 0.1) is 0 Å². The molecule has 7 heteroatoms. The molecule has 1 aromatic rings. The summed E-state index contributed by atoms with van der Waals surface area (Å²) in [4.78, 5) is 14.4. The van der Waals surface area contributed by atoms with Crippen LogP contribution in [0.5, 0.6) is 0 Å². The number of aliphatic hydroxyl groups is 1. The molecule has 0 saturated heterocycles. The topological polar surface area (TPSA) is 76.6 Å². The molecule has 0 fully saturated rings.